The minimum atomic E-state index is 0.171. The minimum absolute atomic E-state index is 0.171. The molecule has 0 bridgehead atoms. The molecule has 0 aromatic heterocycles. The number of likely N-dealkylation sites (N-methyl/N-ethyl adjacent to an activating group) is 1. The van der Waals surface area contributed by atoms with Gasteiger partial charge in [0.2, 0.25) is 5.91 Å². The van der Waals surface area contributed by atoms with Gasteiger partial charge in [0.15, 0.2) is 0 Å². The molecule has 2 atom stereocenters. The molecule has 3 nitrogen and oxygen atoms in total. The molecule has 3 heteroatoms. The van der Waals surface area contributed by atoms with Crippen molar-refractivity contribution in [2.24, 2.45) is 5.92 Å². The molecule has 0 saturated carbocycles. The molecule has 0 spiro atoms. The molecule has 1 aliphatic carbocycles. The summed E-state index contributed by atoms with van der Waals surface area (Å²) in [6.07, 6.45) is 7.21. The highest BCUT2D eigenvalue weighted by Crippen LogP contribution is 2.21. The van der Waals surface area contributed by atoms with Crippen LogP contribution in [-0.4, -0.2) is 30.4 Å². The van der Waals surface area contributed by atoms with Crippen LogP contribution in [0, 0.1) is 5.92 Å². The highest BCUT2D eigenvalue weighted by molar-refractivity contribution is 5.76. The Morgan fingerprint density at radius 1 is 1.27 bits per heavy atom. The number of carbonyl (C=O) groups is 1. The Hall–Kier alpha value is -1.61. The van der Waals surface area contributed by atoms with Crippen LogP contribution in [0.2, 0.25) is 0 Å². The maximum absolute atomic E-state index is 12.2. The van der Waals surface area contributed by atoms with Gasteiger partial charge in [-0.15, -0.1) is 0 Å². The zero-order chi connectivity index (χ0) is 15.8. The number of benzene rings is 1. The highest BCUT2D eigenvalue weighted by Gasteiger charge is 2.20. The van der Waals surface area contributed by atoms with E-state index in [2.05, 4.69) is 60.5 Å². The third-order valence-electron chi connectivity index (χ3n) is 4.49. The molecule has 1 aliphatic rings. The van der Waals surface area contributed by atoms with E-state index in [1.165, 1.54) is 5.56 Å². The zero-order valence-electron chi connectivity index (χ0n) is 13.8. The van der Waals surface area contributed by atoms with Gasteiger partial charge in [0.05, 0.1) is 6.04 Å². The Morgan fingerprint density at radius 3 is 2.59 bits per heavy atom. The number of rotatable bonds is 8. The number of amides is 1. The van der Waals surface area contributed by atoms with Gasteiger partial charge in [0.25, 0.3) is 0 Å². The smallest absolute Gasteiger partial charge is 0.220 e. The Kier molecular flexibility index (Phi) is 6.66. The van der Waals surface area contributed by atoms with Crippen molar-refractivity contribution >= 4 is 5.91 Å². The number of carbonyl (C=O) groups excluding carboxylic acids is 1. The van der Waals surface area contributed by atoms with Crippen LogP contribution in [0.25, 0.3) is 0 Å². The van der Waals surface area contributed by atoms with E-state index in [0.717, 1.165) is 25.9 Å². The average Bonchev–Trinajstić information content (AvgIpc) is 3.05. The second kappa shape index (κ2) is 8.74. The van der Waals surface area contributed by atoms with E-state index in [1.807, 2.05) is 6.07 Å². The van der Waals surface area contributed by atoms with Crippen molar-refractivity contribution in [1.82, 2.24) is 10.2 Å². The van der Waals surface area contributed by atoms with Crippen molar-refractivity contribution in [2.45, 2.75) is 39.2 Å². The summed E-state index contributed by atoms with van der Waals surface area (Å²) in [5.41, 5.74) is 1.27. The fourth-order valence-corrected chi connectivity index (χ4v) is 3.18. The fourth-order valence-electron chi connectivity index (χ4n) is 3.18. The Balaban J connectivity index is 1.94. The van der Waals surface area contributed by atoms with Gasteiger partial charge in [0, 0.05) is 13.0 Å². The highest BCUT2D eigenvalue weighted by atomic mass is 16.1. The summed E-state index contributed by atoms with van der Waals surface area (Å²) < 4.78 is 0. The topological polar surface area (TPSA) is 32.3 Å². The van der Waals surface area contributed by atoms with Crippen molar-refractivity contribution in [3.63, 3.8) is 0 Å². The van der Waals surface area contributed by atoms with Crippen LogP contribution < -0.4 is 5.32 Å². The lowest BCUT2D eigenvalue weighted by Crippen LogP contribution is -2.38. The van der Waals surface area contributed by atoms with Gasteiger partial charge in [-0.3, -0.25) is 9.69 Å². The standard InChI is InChI=1S/C19H28N2O/c1-3-21(4-2)18(17-12-6-5-7-13-17)15-20-19(22)14-16-10-8-9-11-16/h5-8,10,12-13,16,18H,3-4,9,11,14-15H2,1-2H3,(H,20,22)/t16-,18+/m1/s1. The number of hydrogen-bond donors (Lipinski definition) is 1. The van der Waals surface area contributed by atoms with Crippen LogP contribution in [-0.2, 0) is 4.79 Å². The van der Waals surface area contributed by atoms with Crippen LogP contribution in [0.15, 0.2) is 42.5 Å². The Bertz CT molecular complexity index is 479. The van der Waals surface area contributed by atoms with Crippen LogP contribution >= 0.6 is 0 Å². The van der Waals surface area contributed by atoms with Crippen molar-refractivity contribution in [2.75, 3.05) is 19.6 Å². The summed E-state index contributed by atoms with van der Waals surface area (Å²) in [6, 6.07) is 10.7. The second-order valence-corrected chi connectivity index (χ2v) is 5.92. The number of allylic oxidation sites excluding steroid dienone is 2. The summed E-state index contributed by atoms with van der Waals surface area (Å²) in [5, 5.41) is 3.14. The first-order chi connectivity index (χ1) is 10.7. The van der Waals surface area contributed by atoms with E-state index in [0.29, 0.717) is 18.9 Å². The summed E-state index contributed by atoms with van der Waals surface area (Å²) in [6.45, 7) is 6.99. The average molecular weight is 300 g/mol. The van der Waals surface area contributed by atoms with Crippen molar-refractivity contribution in [3.05, 3.63) is 48.0 Å². The second-order valence-electron chi connectivity index (χ2n) is 5.92. The van der Waals surface area contributed by atoms with E-state index in [1.54, 1.807) is 0 Å². The van der Waals surface area contributed by atoms with Crippen molar-refractivity contribution in [3.8, 4) is 0 Å². The van der Waals surface area contributed by atoms with Crippen LogP contribution in [0.3, 0.4) is 0 Å². The van der Waals surface area contributed by atoms with Crippen molar-refractivity contribution in [1.29, 1.82) is 0 Å². The van der Waals surface area contributed by atoms with Gasteiger partial charge in [0.1, 0.15) is 0 Å². The van der Waals surface area contributed by atoms with Crippen LogP contribution in [0.5, 0.6) is 0 Å². The number of nitrogens with zero attached hydrogens (tertiary/aromatic N) is 1. The first-order valence-corrected chi connectivity index (χ1v) is 8.47. The van der Waals surface area contributed by atoms with E-state index >= 15 is 0 Å². The van der Waals surface area contributed by atoms with Gasteiger partial charge >= 0.3 is 0 Å². The fraction of sp³-hybridized carbons (Fsp3) is 0.526. The van der Waals surface area contributed by atoms with Gasteiger partial charge in [-0.25, -0.2) is 0 Å². The third-order valence-corrected chi connectivity index (χ3v) is 4.49. The Labute approximate surface area is 134 Å². The molecule has 2 rings (SSSR count). The van der Waals surface area contributed by atoms with E-state index < -0.39 is 0 Å². The largest absolute Gasteiger partial charge is 0.354 e. The monoisotopic (exact) mass is 300 g/mol. The number of hydrogen-bond acceptors (Lipinski definition) is 2. The maximum Gasteiger partial charge on any atom is 0.220 e. The van der Waals surface area contributed by atoms with Gasteiger partial charge in [-0.2, -0.15) is 0 Å². The molecule has 1 N–H and O–H groups in total. The maximum atomic E-state index is 12.2. The van der Waals surface area contributed by atoms with E-state index in [-0.39, 0.29) is 11.9 Å². The molecule has 1 aromatic rings. The summed E-state index contributed by atoms with van der Waals surface area (Å²) in [4.78, 5) is 14.6. The van der Waals surface area contributed by atoms with E-state index in [4.69, 9.17) is 0 Å². The molecule has 22 heavy (non-hydrogen) atoms. The van der Waals surface area contributed by atoms with Crippen LogP contribution in [0.4, 0.5) is 0 Å². The van der Waals surface area contributed by atoms with Crippen LogP contribution in [0.1, 0.15) is 44.7 Å². The SMILES string of the molecule is CCN(CC)[C@@H](CNC(=O)C[C@@H]1C=CCC1)c1ccccc1. The normalized spacial score (nSPS) is 18.6. The molecule has 1 amide bonds. The molecule has 0 radical (unpaired) electrons. The van der Waals surface area contributed by atoms with Crippen molar-refractivity contribution < 1.29 is 4.79 Å². The molecule has 0 saturated heterocycles. The summed E-state index contributed by atoms with van der Waals surface area (Å²) >= 11 is 0. The first kappa shape index (κ1) is 16.8. The minimum Gasteiger partial charge on any atom is -0.354 e. The van der Waals surface area contributed by atoms with Gasteiger partial charge < -0.3 is 5.32 Å². The predicted molar refractivity (Wildman–Crippen MR) is 91.6 cm³/mol. The summed E-state index contributed by atoms with van der Waals surface area (Å²) in [7, 11) is 0. The number of nitrogens with one attached hydrogen (secondary N) is 1. The lowest BCUT2D eigenvalue weighted by atomic mass is 10.0. The molecular formula is C19H28N2O. The molecule has 0 aliphatic heterocycles. The zero-order valence-corrected chi connectivity index (χ0v) is 13.8. The van der Waals surface area contributed by atoms with Gasteiger partial charge in [-0.1, -0.05) is 56.3 Å². The lowest BCUT2D eigenvalue weighted by molar-refractivity contribution is -0.122. The molecule has 0 unspecified atom stereocenters. The molecule has 0 fully saturated rings. The first-order valence-electron chi connectivity index (χ1n) is 8.47. The Morgan fingerprint density at radius 2 is 2.00 bits per heavy atom. The quantitative estimate of drug-likeness (QED) is 0.745. The molecular weight excluding hydrogens is 272 g/mol. The predicted octanol–water partition coefficient (Wildman–Crippen LogP) is 3.54. The molecule has 120 valence electrons. The van der Waals surface area contributed by atoms with Gasteiger partial charge in [-0.05, 0) is 37.4 Å². The van der Waals surface area contributed by atoms with E-state index in [9.17, 15) is 4.79 Å². The molecule has 0 heterocycles. The summed E-state index contributed by atoms with van der Waals surface area (Å²) in [5.74, 6) is 0.605. The lowest BCUT2D eigenvalue weighted by Gasteiger charge is -2.30. The molecule has 1 aromatic carbocycles. The third kappa shape index (κ3) is 4.70.